The average molecular weight is 295 g/mol. The van der Waals surface area contributed by atoms with Gasteiger partial charge in [0.2, 0.25) is 0 Å². The number of aliphatic hydroxyl groups excluding tert-OH is 1. The molecule has 1 aromatic carbocycles. The molecule has 0 saturated heterocycles. The Morgan fingerprint density at radius 2 is 1.81 bits per heavy atom. The molecule has 6 nitrogen and oxygen atoms in total. The number of benzene rings is 1. The Hall–Kier alpha value is -2.08. The standard InChI is InChI=1S/C15H21NO5/c1-11(2)21-13-5-3-12(4-6-13)15(20)16(9-10-17)8-7-14(18)19/h3-6,11,17H,7-10H2,1-2H3,(H,18,19). The van der Waals surface area contributed by atoms with E-state index in [1.165, 1.54) is 4.90 Å². The van der Waals surface area contributed by atoms with Gasteiger partial charge in [-0.05, 0) is 38.1 Å². The third-order valence-electron chi connectivity index (χ3n) is 2.73. The fourth-order valence-corrected chi connectivity index (χ4v) is 1.80. The number of hydrogen-bond donors (Lipinski definition) is 2. The molecule has 0 fully saturated rings. The summed E-state index contributed by atoms with van der Waals surface area (Å²) in [6, 6.07) is 6.65. The quantitative estimate of drug-likeness (QED) is 0.756. The van der Waals surface area contributed by atoms with Crippen LogP contribution in [0.5, 0.6) is 5.75 Å². The summed E-state index contributed by atoms with van der Waals surface area (Å²) in [5.74, 6) is -0.617. The van der Waals surface area contributed by atoms with E-state index in [1.54, 1.807) is 24.3 Å². The number of aliphatic carboxylic acids is 1. The first kappa shape index (κ1) is 17.0. The predicted octanol–water partition coefficient (Wildman–Crippen LogP) is 1.38. The lowest BCUT2D eigenvalue weighted by Crippen LogP contribution is -2.35. The van der Waals surface area contributed by atoms with Crippen molar-refractivity contribution in [3.63, 3.8) is 0 Å². The summed E-state index contributed by atoms with van der Waals surface area (Å²) in [4.78, 5) is 24.2. The van der Waals surface area contributed by atoms with Gasteiger partial charge in [0.1, 0.15) is 5.75 Å². The summed E-state index contributed by atoms with van der Waals surface area (Å²) < 4.78 is 5.49. The molecule has 6 heteroatoms. The van der Waals surface area contributed by atoms with Gasteiger partial charge in [-0.2, -0.15) is 0 Å². The maximum atomic E-state index is 12.3. The lowest BCUT2D eigenvalue weighted by molar-refractivity contribution is -0.137. The fourth-order valence-electron chi connectivity index (χ4n) is 1.80. The molecule has 0 aliphatic carbocycles. The first-order chi connectivity index (χ1) is 9.93. The first-order valence-corrected chi connectivity index (χ1v) is 6.82. The van der Waals surface area contributed by atoms with E-state index in [0.29, 0.717) is 11.3 Å². The van der Waals surface area contributed by atoms with Gasteiger partial charge in [-0.3, -0.25) is 9.59 Å². The van der Waals surface area contributed by atoms with E-state index < -0.39 is 5.97 Å². The molecule has 1 amide bonds. The van der Waals surface area contributed by atoms with Crippen LogP contribution in [0.25, 0.3) is 0 Å². The number of nitrogens with zero attached hydrogens (tertiary/aromatic N) is 1. The van der Waals surface area contributed by atoms with Crippen LogP contribution in [0, 0.1) is 0 Å². The SMILES string of the molecule is CC(C)Oc1ccc(C(=O)N(CCO)CCC(=O)O)cc1. The van der Waals surface area contributed by atoms with Crippen LogP contribution in [-0.4, -0.2) is 52.8 Å². The zero-order valence-electron chi connectivity index (χ0n) is 12.3. The van der Waals surface area contributed by atoms with Crippen LogP contribution in [-0.2, 0) is 4.79 Å². The molecule has 0 atom stereocenters. The van der Waals surface area contributed by atoms with Gasteiger partial charge in [-0.15, -0.1) is 0 Å². The summed E-state index contributed by atoms with van der Waals surface area (Å²) in [6.07, 6.45) is -0.103. The minimum Gasteiger partial charge on any atom is -0.491 e. The fraction of sp³-hybridized carbons (Fsp3) is 0.467. The highest BCUT2D eigenvalue weighted by Crippen LogP contribution is 2.15. The van der Waals surface area contributed by atoms with E-state index in [-0.39, 0.29) is 38.1 Å². The van der Waals surface area contributed by atoms with Crippen LogP contribution < -0.4 is 4.74 Å². The third kappa shape index (κ3) is 5.83. The zero-order valence-corrected chi connectivity index (χ0v) is 12.3. The molecule has 1 aromatic rings. The van der Waals surface area contributed by atoms with Crippen molar-refractivity contribution in [3.05, 3.63) is 29.8 Å². The Bertz CT molecular complexity index is 469. The molecule has 0 aliphatic heterocycles. The van der Waals surface area contributed by atoms with Gasteiger partial charge in [0, 0.05) is 18.7 Å². The van der Waals surface area contributed by atoms with Gasteiger partial charge in [0.15, 0.2) is 0 Å². The number of ether oxygens (including phenoxy) is 1. The number of hydrogen-bond acceptors (Lipinski definition) is 4. The maximum absolute atomic E-state index is 12.3. The van der Waals surface area contributed by atoms with E-state index in [1.807, 2.05) is 13.8 Å². The molecule has 0 radical (unpaired) electrons. The highest BCUT2D eigenvalue weighted by atomic mass is 16.5. The number of carboxylic acid groups (broad SMARTS) is 1. The highest BCUT2D eigenvalue weighted by Gasteiger charge is 2.16. The highest BCUT2D eigenvalue weighted by molar-refractivity contribution is 5.94. The molecule has 1 rings (SSSR count). The van der Waals surface area contributed by atoms with Gasteiger partial charge < -0.3 is 19.8 Å². The van der Waals surface area contributed by atoms with Crippen LogP contribution in [0.1, 0.15) is 30.6 Å². The molecule has 21 heavy (non-hydrogen) atoms. The number of rotatable bonds is 8. The zero-order chi connectivity index (χ0) is 15.8. The molecular weight excluding hydrogens is 274 g/mol. The number of carboxylic acids is 1. The second-order valence-electron chi connectivity index (χ2n) is 4.85. The Morgan fingerprint density at radius 3 is 2.29 bits per heavy atom. The molecular formula is C15H21NO5. The normalized spacial score (nSPS) is 10.5. The van der Waals surface area contributed by atoms with E-state index in [0.717, 1.165) is 0 Å². The molecule has 0 unspecified atom stereocenters. The Labute approximate surface area is 124 Å². The van der Waals surface area contributed by atoms with Crippen LogP contribution in [0.3, 0.4) is 0 Å². The topological polar surface area (TPSA) is 87.1 Å². The van der Waals surface area contributed by atoms with Crippen LogP contribution >= 0.6 is 0 Å². The van der Waals surface area contributed by atoms with E-state index >= 15 is 0 Å². The minimum absolute atomic E-state index is 0.0491. The van der Waals surface area contributed by atoms with Crippen molar-refractivity contribution in [3.8, 4) is 5.75 Å². The van der Waals surface area contributed by atoms with Gasteiger partial charge in [0.05, 0.1) is 19.1 Å². The van der Waals surface area contributed by atoms with E-state index in [2.05, 4.69) is 0 Å². The summed E-state index contributed by atoms with van der Waals surface area (Å²) in [7, 11) is 0. The molecule has 0 aromatic heterocycles. The lowest BCUT2D eigenvalue weighted by atomic mass is 10.2. The van der Waals surface area contributed by atoms with E-state index in [9.17, 15) is 9.59 Å². The van der Waals surface area contributed by atoms with Gasteiger partial charge in [-0.25, -0.2) is 0 Å². The van der Waals surface area contributed by atoms with Gasteiger partial charge in [-0.1, -0.05) is 0 Å². The van der Waals surface area contributed by atoms with Crippen molar-refractivity contribution in [2.75, 3.05) is 19.7 Å². The Balaban J connectivity index is 2.75. The summed E-state index contributed by atoms with van der Waals surface area (Å²) >= 11 is 0. The molecule has 0 saturated carbocycles. The summed E-state index contributed by atoms with van der Waals surface area (Å²) in [5.41, 5.74) is 0.435. The van der Waals surface area contributed by atoms with Gasteiger partial charge in [0.25, 0.3) is 5.91 Å². The average Bonchev–Trinajstić information content (AvgIpc) is 2.42. The van der Waals surface area contributed by atoms with Crippen molar-refractivity contribution in [1.82, 2.24) is 4.90 Å². The molecule has 116 valence electrons. The van der Waals surface area contributed by atoms with Crippen LogP contribution in [0.15, 0.2) is 24.3 Å². The van der Waals surface area contributed by atoms with Crippen molar-refractivity contribution in [2.24, 2.45) is 0 Å². The van der Waals surface area contributed by atoms with Gasteiger partial charge >= 0.3 is 5.97 Å². The van der Waals surface area contributed by atoms with Crippen molar-refractivity contribution in [2.45, 2.75) is 26.4 Å². The second kappa shape index (κ2) is 8.26. The van der Waals surface area contributed by atoms with Crippen molar-refractivity contribution in [1.29, 1.82) is 0 Å². The van der Waals surface area contributed by atoms with Crippen LogP contribution in [0.2, 0.25) is 0 Å². The number of amides is 1. The smallest absolute Gasteiger partial charge is 0.305 e. The number of carbonyl (C=O) groups is 2. The number of aliphatic hydroxyl groups is 1. The molecule has 0 bridgehead atoms. The van der Waals surface area contributed by atoms with Crippen molar-refractivity contribution < 1.29 is 24.5 Å². The molecule has 0 heterocycles. The Kier molecular flexibility index (Phi) is 6.68. The molecule has 2 N–H and O–H groups in total. The molecule has 0 aliphatic rings. The minimum atomic E-state index is -0.980. The lowest BCUT2D eigenvalue weighted by Gasteiger charge is -2.21. The monoisotopic (exact) mass is 295 g/mol. The molecule has 0 spiro atoms. The largest absolute Gasteiger partial charge is 0.491 e. The Morgan fingerprint density at radius 1 is 1.19 bits per heavy atom. The summed E-state index contributed by atoms with van der Waals surface area (Å²) in [5, 5.41) is 17.7. The summed E-state index contributed by atoms with van der Waals surface area (Å²) in [6.45, 7) is 3.79. The third-order valence-corrected chi connectivity index (χ3v) is 2.73. The van der Waals surface area contributed by atoms with E-state index in [4.69, 9.17) is 14.9 Å². The van der Waals surface area contributed by atoms with Crippen molar-refractivity contribution >= 4 is 11.9 Å². The maximum Gasteiger partial charge on any atom is 0.305 e. The second-order valence-corrected chi connectivity index (χ2v) is 4.85. The predicted molar refractivity (Wildman–Crippen MR) is 77.4 cm³/mol. The first-order valence-electron chi connectivity index (χ1n) is 6.82. The number of carbonyl (C=O) groups excluding carboxylic acids is 1. The van der Waals surface area contributed by atoms with Crippen LogP contribution in [0.4, 0.5) is 0 Å².